The molecule has 0 radical (unpaired) electrons. The number of aryl methyl sites for hydroxylation is 1. The molecule has 0 amide bonds. The predicted molar refractivity (Wildman–Crippen MR) is 125 cm³/mol. The van der Waals surface area contributed by atoms with Gasteiger partial charge in [-0.15, -0.1) is 0 Å². The minimum absolute atomic E-state index is 0.125. The fourth-order valence-electron chi connectivity index (χ4n) is 3.88. The predicted octanol–water partition coefficient (Wildman–Crippen LogP) is 5.02. The Bertz CT molecular complexity index is 1300. The molecular weight excluding hydrogens is 437 g/mol. The molecule has 0 bridgehead atoms. The lowest BCUT2D eigenvalue weighted by atomic mass is 10.0. The fourth-order valence-corrected chi connectivity index (χ4v) is 3.88. The van der Waals surface area contributed by atoms with Gasteiger partial charge in [-0.2, -0.15) is 10.4 Å². The molecule has 0 fully saturated rings. The summed E-state index contributed by atoms with van der Waals surface area (Å²) in [7, 11) is 0. The number of rotatable bonds is 7. The Labute approximate surface area is 196 Å². The molecule has 0 saturated carbocycles. The summed E-state index contributed by atoms with van der Waals surface area (Å²) in [5.41, 5.74) is 3.48. The van der Waals surface area contributed by atoms with E-state index in [1.807, 2.05) is 19.1 Å². The quantitative estimate of drug-likeness (QED) is 0.514. The van der Waals surface area contributed by atoms with Crippen LogP contribution in [0.4, 0.5) is 10.1 Å². The number of ether oxygens (including phenoxy) is 1. The third-order valence-electron chi connectivity index (χ3n) is 5.57. The molecule has 2 N–H and O–H groups in total. The van der Waals surface area contributed by atoms with Gasteiger partial charge in [0, 0.05) is 12.0 Å². The molecule has 1 atom stereocenters. The molecule has 1 aliphatic rings. The van der Waals surface area contributed by atoms with E-state index in [9.17, 15) is 14.3 Å². The molecule has 172 valence electrons. The zero-order valence-electron chi connectivity index (χ0n) is 18.4. The summed E-state index contributed by atoms with van der Waals surface area (Å²) in [6.07, 6.45) is 0.161. The third kappa shape index (κ3) is 4.90. The molecule has 1 heterocycles. The van der Waals surface area contributed by atoms with Crippen LogP contribution in [-0.4, -0.2) is 27.9 Å². The summed E-state index contributed by atoms with van der Waals surface area (Å²) in [6.45, 7) is 1.70. The van der Waals surface area contributed by atoms with Gasteiger partial charge in [-0.05, 0) is 72.1 Å². The van der Waals surface area contributed by atoms with Crippen LogP contribution in [0.1, 0.15) is 24.0 Å². The number of carboxylic acids is 1. The van der Waals surface area contributed by atoms with Crippen molar-refractivity contribution in [1.29, 1.82) is 5.26 Å². The first-order chi connectivity index (χ1) is 16.4. The minimum atomic E-state index is -0.953. The van der Waals surface area contributed by atoms with Crippen molar-refractivity contribution in [2.24, 2.45) is 5.10 Å². The summed E-state index contributed by atoms with van der Waals surface area (Å²) in [6, 6.07) is 18.4. The molecule has 7 nitrogen and oxygen atoms in total. The standard InChI is InChI=1S/C26H22FN3O4/c1-16-10-18(23-11-17(15-31)2-8-24(23)27)3-9-25(16)34-22-6-4-20(5-7-22)30-21(13-26(32)33)12-19(14-28)29-30/h2-11,21,31H,12-13,15H2,1H3,(H,32,33). The van der Waals surface area contributed by atoms with Crippen molar-refractivity contribution in [2.45, 2.75) is 32.4 Å². The number of nitriles is 1. The number of halogens is 1. The van der Waals surface area contributed by atoms with E-state index in [-0.39, 0.29) is 25.3 Å². The average Bonchev–Trinajstić information content (AvgIpc) is 3.23. The number of carboxylic acid groups (broad SMARTS) is 1. The van der Waals surface area contributed by atoms with E-state index in [4.69, 9.17) is 15.1 Å². The summed E-state index contributed by atoms with van der Waals surface area (Å²) in [4.78, 5) is 11.2. The number of aliphatic carboxylic acids is 1. The highest BCUT2D eigenvalue weighted by Crippen LogP contribution is 2.33. The maximum Gasteiger partial charge on any atom is 0.305 e. The summed E-state index contributed by atoms with van der Waals surface area (Å²) in [5.74, 6) is -0.158. The number of anilines is 1. The Morgan fingerprint density at radius 2 is 1.97 bits per heavy atom. The van der Waals surface area contributed by atoms with Crippen LogP contribution < -0.4 is 9.75 Å². The van der Waals surface area contributed by atoms with Gasteiger partial charge < -0.3 is 14.9 Å². The second-order valence-corrected chi connectivity index (χ2v) is 8.01. The molecule has 4 rings (SSSR count). The van der Waals surface area contributed by atoms with Crippen LogP contribution in [0.25, 0.3) is 11.1 Å². The van der Waals surface area contributed by atoms with Gasteiger partial charge in [0.1, 0.15) is 29.1 Å². The molecule has 8 heteroatoms. The highest BCUT2D eigenvalue weighted by Gasteiger charge is 2.29. The first-order valence-corrected chi connectivity index (χ1v) is 10.6. The first kappa shape index (κ1) is 23.0. The zero-order valence-corrected chi connectivity index (χ0v) is 18.4. The number of benzene rings is 3. The second kappa shape index (κ2) is 9.73. The number of nitrogens with zero attached hydrogens (tertiary/aromatic N) is 3. The van der Waals surface area contributed by atoms with Crippen molar-refractivity contribution < 1.29 is 24.1 Å². The summed E-state index contributed by atoms with van der Waals surface area (Å²) in [5, 5.41) is 33.4. The Kier molecular flexibility index (Phi) is 6.57. The molecule has 3 aromatic carbocycles. The Morgan fingerprint density at radius 1 is 1.21 bits per heavy atom. The Balaban J connectivity index is 1.52. The lowest BCUT2D eigenvalue weighted by Gasteiger charge is -2.22. The van der Waals surface area contributed by atoms with Gasteiger partial charge in [0.2, 0.25) is 0 Å². The number of hydrazone groups is 1. The number of hydrogen-bond acceptors (Lipinski definition) is 6. The van der Waals surface area contributed by atoms with Crippen LogP contribution in [-0.2, 0) is 11.4 Å². The van der Waals surface area contributed by atoms with E-state index in [0.29, 0.717) is 39.6 Å². The van der Waals surface area contributed by atoms with Crippen molar-refractivity contribution in [2.75, 3.05) is 5.01 Å². The zero-order chi connectivity index (χ0) is 24.2. The molecule has 1 aliphatic heterocycles. The van der Waals surface area contributed by atoms with Gasteiger partial charge in [0.05, 0.1) is 24.8 Å². The molecule has 0 saturated heterocycles. The largest absolute Gasteiger partial charge is 0.481 e. The Morgan fingerprint density at radius 3 is 2.62 bits per heavy atom. The van der Waals surface area contributed by atoms with Crippen molar-refractivity contribution in [3.8, 4) is 28.7 Å². The van der Waals surface area contributed by atoms with Crippen LogP contribution in [0, 0.1) is 24.1 Å². The van der Waals surface area contributed by atoms with Crippen LogP contribution in [0.5, 0.6) is 11.5 Å². The van der Waals surface area contributed by atoms with E-state index in [1.165, 1.54) is 6.07 Å². The van der Waals surface area contributed by atoms with Gasteiger partial charge in [0.25, 0.3) is 0 Å². The SMILES string of the molecule is Cc1cc(-c2cc(CO)ccc2F)ccc1Oc1ccc(N2N=C(C#N)CC2CC(=O)O)cc1. The van der Waals surface area contributed by atoms with Crippen molar-refractivity contribution in [3.63, 3.8) is 0 Å². The van der Waals surface area contributed by atoms with Gasteiger partial charge in [0.15, 0.2) is 0 Å². The van der Waals surface area contributed by atoms with Gasteiger partial charge in [-0.1, -0.05) is 12.1 Å². The number of carbonyl (C=O) groups is 1. The summed E-state index contributed by atoms with van der Waals surface area (Å²) >= 11 is 0. The maximum atomic E-state index is 14.3. The number of aliphatic hydroxyl groups is 1. The molecule has 0 aliphatic carbocycles. The van der Waals surface area contributed by atoms with Crippen molar-refractivity contribution in [3.05, 3.63) is 77.6 Å². The van der Waals surface area contributed by atoms with Crippen LogP contribution in [0.2, 0.25) is 0 Å². The second-order valence-electron chi connectivity index (χ2n) is 8.01. The van der Waals surface area contributed by atoms with Crippen LogP contribution in [0.3, 0.4) is 0 Å². The van der Waals surface area contributed by atoms with Crippen LogP contribution >= 0.6 is 0 Å². The highest BCUT2D eigenvalue weighted by atomic mass is 19.1. The highest BCUT2D eigenvalue weighted by molar-refractivity contribution is 6.01. The van der Waals surface area contributed by atoms with E-state index >= 15 is 0 Å². The molecule has 1 unspecified atom stereocenters. The lowest BCUT2D eigenvalue weighted by Crippen LogP contribution is -2.28. The molecule has 0 spiro atoms. The maximum absolute atomic E-state index is 14.3. The van der Waals surface area contributed by atoms with Crippen molar-refractivity contribution >= 4 is 17.4 Å². The lowest BCUT2D eigenvalue weighted by molar-refractivity contribution is -0.137. The fraction of sp³-hybridized carbons (Fsp3) is 0.192. The monoisotopic (exact) mass is 459 g/mol. The molecule has 34 heavy (non-hydrogen) atoms. The number of hydrogen-bond donors (Lipinski definition) is 2. The normalized spacial score (nSPS) is 15.1. The summed E-state index contributed by atoms with van der Waals surface area (Å²) < 4.78 is 20.3. The van der Waals surface area contributed by atoms with Crippen LogP contribution in [0.15, 0.2) is 65.8 Å². The third-order valence-corrected chi connectivity index (χ3v) is 5.57. The van der Waals surface area contributed by atoms with Crippen molar-refractivity contribution in [1.82, 2.24) is 0 Å². The van der Waals surface area contributed by atoms with E-state index in [1.54, 1.807) is 53.5 Å². The van der Waals surface area contributed by atoms with E-state index < -0.39 is 12.0 Å². The van der Waals surface area contributed by atoms with Gasteiger partial charge in [-0.25, -0.2) is 4.39 Å². The number of aliphatic hydroxyl groups excluding tert-OH is 1. The van der Waals surface area contributed by atoms with E-state index in [2.05, 4.69) is 5.10 Å². The van der Waals surface area contributed by atoms with Gasteiger partial charge in [-0.3, -0.25) is 9.80 Å². The molecule has 0 aromatic heterocycles. The average molecular weight is 459 g/mol. The first-order valence-electron chi connectivity index (χ1n) is 10.6. The molecule has 3 aromatic rings. The Hall–Kier alpha value is -4.22. The topological polar surface area (TPSA) is 106 Å². The van der Waals surface area contributed by atoms with Gasteiger partial charge >= 0.3 is 5.97 Å². The molecular formula is C26H22FN3O4. The van der Waals surface area contributed by atoms with E-state index in [0.717, 1.165) is 5.56 Å². The minimum Gasteiger partial charge on any atom is -0.481 e. The smallest absolute Gasteiger partial charge is 0.305 e.